The van der Waals surface area contributed by atoms with Crippen molar-refractivity contribution >= 4 is 64.6 Å². The number of para-hydroxylation sites is 2. The minimum atomic E-state index is -1.09. The third kappa shape index (κ3) is 3.75. The molecule has 0 saturated carbocycles. The van der Waals surface area contributed by atoms with E-state index in [1.54, 1.807) is 48.5 Å². The third-order valence-electron chi connectivity index (χ3n) is 3.98. The molecule has 1 heterocycles. The van der Waals surface area contributed by atoms with E-state index in [2.05, 4.69) is 11.9 Å². The molecule has 2 atom stereocenters. The fourth-order valence-corrected chi connectivity index (χ4v) is 3.02. The van der Waals surface area contributed by atoms with Crippen LogP contribution in [0.2, 0.25) is 0 Å². The Morgan fingerprint density at radius 3 is 2.32 bits per heavy atom. The van der Waals surface area contributed by atoms with Gasteiger partial charge in [-0.1, -0.05) is 43.0 Å². The van der Waals surface area contributed by atoms with Gasteiger partial charge in [-0.3, -0.25) is 4.79 Å². The van der Waals surface area contributed by atoms with Crippen LogP contribution < -0.4 is 9.74 Å². The van der Waals surface area contributed by atoms with Gasteiger partial charge in [0.2, 0.25) is 0 Å². The fraction of sp³-hybridized carbons (Fsp3) is 0.111. The Hall–Kier alpha value is -1.79. The fourth-order valence-electron chi connectivity index (χ4n) is 2.81. The number of anilines is 2. The number of nitrogens with zero attached hydrogens (tertiary/aromatic N) is 1. The van der Waals surface area contributed by atoms with E-state index in [1.807, 2.05) is 6.07 Å². The molecule has 7 heteroatoms. The van der Waals surface area contributed by atoms with Crippen LogP contribution in [-0.2, 0) is 9.59 Å². The van der Waals surface area contributed by atoms with Crippen molar-refractivity contribution in [3.8, 4) is 0 Å². The van der Waals surface area contributed by atoms with Crippen molar-refractivity contribution in [1.29, 1.82) is 0 Å². The predicted octanol–water partition coefficient (Wildman–Crippen LogP) is 2.74. The molecular formula is C18H16ClN2NaO3. The summed E-state index contributed by atoms with van der Waals surface area (Å²) in [4.78, 5) is 24.5. The maximum absolute atomic E-state index is 13.0. The number of hydrogen-bond acceptors (Lipinski definition) is 3. The molecule has 25 heavy (non-hydrogen) atoms. The standard InChI is InChI=1S/C18H15ClN2O3.Na.H/c1-11-15(17(22)21(19)12-7-3-2-4-8-12)13-9-5-6-10-14(13)20-16(11)18(23)24;;/h2-10,15-16,20H,1H2,(H,23,24);;. The summed E-state index contributed by atoms with van der Waals surface area (Å²) in [6, 6.07) is 14.8. The SMILES string of the molecule is C=C1C(C(=O)O)Nc2ccccc2C1C(=O)N(Cl)c1ccccc1.[NaH]. The first-order chi connectivity index (χ1) is 11.5. The third-order valence-corrected chi connectivity index (χ3v) is 4.35. The molecule has 3 rings (SSSR count). The number of rotatable bonds is 3. The van der Waals surface area contributed by atoms with E-state index >= 15 is 0 Å². The molecule has 1 amide bonds. The van der Waals surface area contributed by atoms with Gasteiger partial charge in [0.15, 0.2) is 0 Å². The molecule has 0 aliphatic carbocycles. The summed E-state index contributed by atoms with van der Waals surface area (Å²) in [6.07, 6.45) is 0. The number of fused-ring (bicyclic) bond motifs is 1. The Bertz CT molecular complexity index is 813. The number of benzene rings is 2. The molecule has 5 nitrogen and oxygen atoms in total. The average Bonchev–Trinajstić information content (AvgIpc) is 2.60. The van der Waals surface area contributed by atoms with E-state index in [9.17, 15) is 14.7 Å². The number of carbonyl (C=O) groups excluding carboxylic acids is 1. The summed E-state index contributed by atoms with van der Waals surface area (Å²) in [5.41, 5.74) is 2.02. The number of aliphatic carboxylic acids is 1. The van der Waals surface area contributed by atoms with Crippen LogP contribution in [0.15, 0.2) is 66.7 Å². The van der Waals surface area contributed by atoms with Gasteiger partial charge in [-0.25, -0.2) is 9.21 Å². The van der Waals surface area contributed by atoms with Gasteiger partial charge in [0, 0.05) is 17.5 Å². The summed E-state index contributed by atoms with van der Waals surface area (Å²) in [7, 11) is 0. The molecule has 2 aromatic carbocycles. The average molecular weight is 367 g/mol. The molecule has 1 aliphatic heterocycles. The van der Waals surface area contributed by atoms with Crippen molar-refractivity contribution in [2.45, 2.75) is 12.0 Å². The van der Waals surface area contributed by atoms with Crippen LogP contribution in [0.1, 0.15) is 11.5 Å². The number of carboxylic acid groups (broad SMARTS) is 1. The van der Waals surface area contributed by atoms with Crippen LogP contribution >= 0.6 is 11.8 Å². The van der Waals surface area contributed by atoms with Crippen molar-refractivity contribution in [3.05, 3.63) is 72.3 Å². The zero-order valence-corrected chi connectivity index (χ0v) is 13.4. The van der Waals surface area contributed by atoms with Crippen LogP contribution in [0.4, 0.5) is 11.4 Å². The summed E-state index contributed by atoms with van der Waals surface area (Å²) >= 11 is 6.22. The molecule has 0 fully saturated rings. The van der Waals surface area contributed by atoms with Crippen LogP contribution in [0.3, 0.4) is 0 Å². The number of nitrogens with one attached hydrogen (secondary N) is 1. The molecule has 0 bridgehead atoms. The van der Waals surface area contributed by atoms with Gasteiger partial charge >= 0.3 is 35.5 Å². The van der Waals surface area contributed by atoms with Crippen molar-refractivity contribution in [2.24, 2.45) is 0 Å². The quantitative estimate of drug-likeness (QED) is 0.498. The molecule has 0 radical (unpaired) electrons. The maximum atomic E-state index is 13.0. The number of amides is 1. The summed E-state index contributed by atoms with van der Waals surface area (Å²) in [6.45, 7) is 3.84. The number of carbonyl (C=O) groups is 2. The molecule has 1 aliphatic rings. The predicted molar refractivity (Wildman–Crippen MR) is 100 cm³/mol. The van der Waals surface area contributed by atoms with E-state index in [-0.39, 0.29) is 35.1 Å². The van der Waals surface area contributed by atoms with E-state index in [1.165, 1.54) is 0 Å². The molecule has 2 N–H and O–H groups in total. The van der Waals surface area contributed by atoms with E-state index in [0.29, 0.717) is 16.9 Å². The summed E-state index contributed by atoms with van der Waals surface area (Å²) < 4.78 is 1.01. The first-order valence-electron chi connectivity index (χ1n) is 7.32. The molecule has 2 unspecified atom stereocenters. The van der Waals surface area contributed by atoms with E-state index in [0.717, 1.165) is 4.42 Å². The first-order valence-corrected chi connectivity index (χ1v) is 7.66. The second-order valence-electron chi connectivity index (χ2n) is 5.47. The van der Waals surface area contributed by atoms with Crippen molar-refractivity contribution in [1.82, 2.24) is 0 Å². The summed E-state index contributed by atoms with van der Waals surface area (Å²) in [5, 5.41) is 12.3. The Balaban J connectivity index is 0.00000225. The Kier molecular flexibility index (Phi) is 6.30. The van der Waals surface area contributed by atoms with Gasteiger partial charge in [-0.2, -0.15) is 0 Å². The van der Waals surface area contributed by atoms with Gasteiger partial charge in [-0.15, -0.1) is 0 Å². The van der Waals surface area contributed by atoms with Gasteiger partial charge in [0.05, 0.1) is 11.6 Å². The van der Waals surface area contributed by atoms with Crippen molar-refractivity contribution in [3.63, 3.8) is 0 Å². The zero-order chi connectivity index (χ0) is 17.3. The van der Waals surface area contributed by atoms with Crippen LogP contribution in [0.5, 0.6) is 0 Å². The Morgan fingerprint density at radius 1 is 1.08 bits per heavy atom. The van der Waals surface area contributed by atoms with Gasteiger partial charge in [-0.05, 0) is 29.3 Å². The molecule has 0 aromatic heterocycles. The van der Waals surface area contributed by atoms with E-state index < -0.39 is 23.8 Å². The van der Waals surface area contributed by atoms with Crippen molar-refractivity contribution < 1.29 is 14.7 Å². The Labute approximate surface area is 172 Å². The number of hydrogen-bond donors (Lipinski definition) is 2. The van der Waals surface area contributed by atoms with Gasteiger partial charge < -0.3 is 10.4 Å². The number of carboxylic acids is 1. The molecule has 0 saturated heterocycles. The van der Waals surface area contributed by atoms with Crippen LogP contribution in [0, 0.1) is 0 Å². The molecule has 124 valence electrons. The second-order valence-corrected chi connectivity index (χ2v) is 5.80. The molecule has 0 spiro atoms. The normalized spacial score (nSPS) is 18.4. The van der Waals surface area contributed by atoms with Gasteiger partial charge in [0.1, 0.15) is 6.04 Å². The van der Waals surface area contributed by atoms with Crippen LogP contribution in [0.25, 0.3) is 0 Å². The van der Waals surface area contributed by atoms with Gasteiger partial charge in [0.25, 0.3) is 5.91 Å². The van der Waals surface area contributed by atoms with Crippen molar-refractivity contribution in [2.75, 3.05) is 9.74 Å². The zero-order valence-electron chi connectivity index (χ0n) is 12.6. The topological polar surface area (TPSA) is 69.6 Å². The minimum absolute atomic E-state index is 0. The molecular weight excluding hydrogens is 351 g/mol. The molecule has 2 aromatic rings. The monoisotopic (exact) mass is 366 g/mol. The summed E-state index contributed by atoms with van der Waals surface area (Å²) in [5.74, 6) is -2.36. The second kappa shape index (κ2) is 8.06. The first kappa shape index (κ1) is 19.5. The Morgan fingerprint density at radius 2 is 1.68 bits per heavy atom. The number of halogens is 1. The van der Waals surface area contributed by atoms with E-state index in [4.69, 9.17) is 11.8 Å². The van der Waals surface area contributed by atoms with Crippen LogP contribution in [-0.4, -0.2) is 52.6 Å².